The lowest BCUT2D eigenvalue weighted by Crippen LogP contribution is -2.27. The maximum atomic E-state index is 5.96. The van der Waals surface area contributed by atoms with Crippen molar-refractivity contribution >= 4 is 22.9 Å². The van der Waals surface area contributed by atoms with Crippen LogP contribution in [0.1, 0.15) is 4.88 Å². The van der Waals surface area contributed by atoms with E-state index in [1.165, 1.54) is 4.88 Å². The molecule has 0 amide bonds. The van der Waals surface area contributed by atoms with Crippen LogP contribution >= 0.6 is 22.9 Å². The topological polar surface area (TPSA) is 21.3 Å². The lowest BCUT2D eigenvalue weighted by atomic mass is 10.3. The monoisotopic (exact) mass is 233 g/mol. The molecule has 1 aromatic heterocycles. The number of ether oxygens (including phenoxy) is 1. The summed E-state index contributed by atoms with van der Waals surface area (Å²) in [5.74, 6) is 0. The molecule has 0 saturated heterocycles. The smallest absolute Gasteiger partial charge is 0.0693 e. The van der Waals surface area contributed by atoms with Crippen LogP contribution in [0, 0.1) is 0 Å². The zero-order valence-electron chi connectivity index (χ0n) is 8.33. The second kappa shape index (κ2) is 7.23. The molecule has 4 heteroatoms. The van der Waals surface area contributed by atoms with E-state index in [2.05, 4.69) is 22.8 Å². The molecule has 2 nitrogen and oxygen atoms in total. The van der Waals surface area contributed by atoms with Gasteiger partial charge in [0.05, 0.1) is 12.0 Å². The number of thiophene rings is 1. The van der Waals surface area contributed by atoms with Gasteiger partial charge in [-0.1, -0.05) is 6.07 Å². The van der Waals surface area contributed by atoms with Gasteiger partial charge in [0, 0.05) is 25.1 Å². The van der Waals surface area contributed by atoms with E-state index in [4.69, 9.17) is 16.3 Å². The summed E-state index contributed by atoms with van der Waals surface area (Å²) in [6.45, 7) is 2.39. The standard InChI is InChI=1S/C10H16ClNOS/c1-13-8-9(11)7-12-5-4-10-3-2-6-14-10/h2-3,6,9,12H,4-5,7-8H2,1H3. The van der Waals surface area contributed by atoms with Crippen molar-refractivity contribution in [3.05, 3.63) is 22.4 Å². The maximum absolute atomic E-state index is 5.96. The molecule has 14 heavy (non-hydrogen) atoms. The number of alkyl halides is 1. The molecular weight excluding hydrogens is 218 g/mol. The molecule has 1 N–H and O–H groups in total. The van der Waals surface area contributed by atoms with Gasteiger partial charge in [-0.2, -0.15) is 0 Å². The highest BCUT2D eigenvalue weighted by Crippen LogP contribution is 2.08. The average Bonchev–Trinajstić information content (AvgIpc) is 2.65. The average molecular weight is 234 g/mol. The van der Waals surface area contributed by atoms with Crippen molar-refractivity contribution in [2.24, 2.45) is 0 Å². The van der Waals surface area contributed by atoms with E-state index < -0.39 is 0 Å². The van der Waals surface area contributed by atoms with Gasteiger partial charge in [0.15, 0.2) is 0 Å². The Hall–Kier alpha value is -0.0900. The zero-order chi connectivity index (χ0) is 10.2. The van der Waals surface area contributed by atoms with Crippen LogP contribution in [-0.4, -0.2) is 32.2 Å². The van der Waals surface area contributed by atoms with Crippen molar-refractivity contribution in [1.82, 2.24) is 5.32 Å². The van der Waals surface area contributed by atoms with Crippen molar-refractivity contribution in [2.75, 3.05) is 26.8 Å². The summed E-state index contributed by atoms with van der Waals surface area (Å²) < 4.78 is 4.94. The molecule has 0 radical (unpaired) electrons. The Labute approximate surface area is 94.2 Å². The highest BCUT2D eigenvalue weighted by molar-refractivity contribution is 7.09. The van der Waals surface area contributed by atoms with E-state index in [-0.39, 0.29) is 5.38 Å². The summed E-state index contributed by atoms with van der Waals surface area (Å²) in [7, 11) is 1.67. The van der Waals surface area contributed by atoms with Gasteiger partial charge >= 0.3 is 0 Å². The number of rotatable bonds is 7. The predicted molar refractivity (Wildman–Crippen MR) is 62.4 cm³/mol. The summed E-state index contributed by atoms with van der Waals surface area (Å²) in [6.07, 6.45) is 1.08. The first-order valence-corrected chi connectivity index (χ1v) is 6.00. The van der Waals surface area contributed by atoms with Crippen LogP contribution in [0.2, 0.25) is 0 Å². The van der Waals surface area contributed by atoms with Gasteiger partial charge in [0.1, 0.15) is 0 Å². The van der Waals surface area contributed by atoms with Gasteiger partial charge in [-0.3, -0.25) is 0 Å². The van der Waals surface area contributed by atoms with Crippen molar-refractivity contribution < 1.29 is 4.74 Å². The molecule has 0 spiro atoms. The number of hydrogen-bond acceptors (Lipinski definition) is 3. The molecule has 1 aromatic rings. The molecule has 0 aliphatic rings. The Kier molecular flexibility index (Phi) is 6.19. The third-order valence-electron chi connectivity index (χ3n) is 1.84. The van der Waals surface area contributed by atoms with Crippen LogP contribution in [0.5, 0.6) is 0 Å². The molecule has 0 aromatic carbocycles. The van der Waals surface area contributed by atoms with Gasteiger partial charge in [0.25, 0.3) is 0 Å². The molecule has 1 unspecified atom stereocenters. The molecule has 1 rings (SSSR count). The molecule has 0 bridgehead atoms. The van der Waals surface area contributed by atoms with Crippen LogP contribution in [0.25, 0.3) is 0 Å². The van der Waals surface area contributed by atoms with E-state index in [1.54, 1.807) is 18.4 Å². The summed E-state index contributed by atoms with van der Waals surface area (Å²) >= 11 is 7.75. The van der Waals surface area contributed by atoms with E-state index in [0.717, 1.165) is 19.5 Å². The normalized spacial score (nSPS) is 13.0. The summed E-state index contributed by atoms with van der Waals surface area (Å²) in [4.78, 5) is 1.41. The highest BCUT2D eigenvalue weighted by Gasteiger charge is 2.02. The van der Waals surface area contributed by atoms with E-state index in [1.807, 2.05) is 0 Å². The summed E-state index contributed by atoms with van der Waals surface area (Å²) in [6, 6.07) is 4.23. The first kappa shape index (κ1) is 12.0. The van der Waals surface area contributed by atoms with Crippen LogP contribution in [0.15, 0.2) is 17.5 Å². The minimum absolute atomic E-state index is 0.0725. The first-order valence-electron chi connectivity index (χ1n) is 4.69. The zero-order valence-corrected chi connectivity index (χ0v) is 9.90. The van der Waals surface area contributed by atoms with Gasteiger partial charge in [-0.05, 0) is 17.9 Å². The Balaban J connectivity index is 1.99. The molecule has 0 aliphatic carbocycles. The van der Waals surface area contributed by atoms with Crippen molar-refractivity contribution in [3.63, 3.8) is 0 Å². The minimum atomic E-state index is 0.0725. The number of hydrogen-bond donors (Lipinski definition) is 1. The predicted octanol–water partition coefficient (Wildman–Crippen LogP) is 2.13. The molecule has 0 aliphatic heterocycles. The fraction of sp³-hybridized carbons (Fsp3) is 0.600. The van der Waals surface area contributed by atoms with Crippen molar-refractivity contribution in [1.29, 1.82) is 0 Å². The lowest BCUT2D eigenvalue weighted by Gasteiger charge is -2.08. The van der Waals surface area contributed by atoms with Gasteiger partial charge in [-0.25, -0.2) is 0 Å². The third kappa shape index (κ3) is 4.96. The Bertz CT molecular complexity index is 228. The van der Waals surface area contributed by atoms with E-state index in [0.29, 0.717) is 6.61 Å². The molecule has 0 saturated carbocycles. The number of nitrogens with one attached hydrogen (secondary N) is 1. The number of halogens is 1. The SMILES string of the molecule is COCC(Cl)CNCCc1cccs1. The Morgan fingerprint density at radius 2 is 2.50 bits per heavy atom. The molecule has 1 atom stereocenters. The lowest BCUT2D eigenvalue weighted by molar-refractivity contribution is 0.197. The second-order valence-corrected chi connectivity index (χ2v) is 4.74. The van der Waals surface area contributed by atoms with Gasteiger partial charge in [0.2, 0.25) is 0 Å². The third-order valence-corrected chi connectivity index (χ3v) is 3.06. The molecule has 1 heterocycles. The van der Waals surface area contributed by atoms with E-state index in [9.17, 15) is 0 Å². The molecule has 0 fully saturated rings. The van der Waals surface area contributed by atoms with Crippen molar-refractivity contribution in [2.45, 2.75) is 11.8 Å². The van der Waals surface area contributed by atoms with Crippen LogP contribution in [-0.2, 0) is 11.2 Å². The van der Waals surface area contributed by atoms with Crippen LogP contribution < -0.4 is 5.32 Å². The summed E-state index contributed by atoms with van der Waals surface area (Å²) in [5, 5.41) is 5.48. The fourth-order valence-corrected chi connectivity index (χ4v) is 2.11. The largest absolute Gasteiger partial charge is 0.383 e. The van der Waals surface area contributed by atoms with Gasteiger partial charge < -0.3 is 10.1 Å². The minimum Gasteiger partial charge on any atom is -0.383 e. The second-order valence-electron chi connectivity index (χ2n) is 3.09. The van der Waals surface area contributed by atoms with Gasteiger partial charge in [-0.15, -0.1) is 22.9 Å². The quantitative estimate of drug-likeness (QED) is 0.576. The highest BCUT2D eigenvalue weighted by atomic mass is 35.5. The fourth-order valence-electron chi connectivity index (χ4n) is 1.16. The first-order chi connectivity index (χ1) is 6.83. The summed E-state index contributed by atoms with van der Waals surface area (Å²) in [5.41, 5.74) is 0. The van der Waals surface area contributed by atoms with Crippen LogP contribution in [0.3, 0.4) is 0 Å². The van der Waals surface area contributed by atoms with E-state index >= 15 is 0 Å². The molecule has 80 valence electrons. The number of methoxy groups -OCH3 is 1. The van der Waals surface area contributed by atoms with Crippen LogP contribution in [0.4, 0.5) is 0 Å². The Morgan fingerprint density at radius 1 is 1.64 bits per heavy atom. The maximum Gasteiger partial charge on any atom is 0.0693 e. The molecular formula is C10H16ClNOS. The Morgan fingerprint density at radius 3 is 3.14 bits per heavy atom. The van der Waals surface area contributed by atoms with Crippen molar-refractivity contribution in [3.8, 4) is 0 Å².